The van der Waals surface area contributed by atoms with Crippen LogP contribution in [0.2, 0.25) is 0 Å². The molecule has 0 radical (unpaired) electrons. The van der Waals surface area contributed by atoms with Crippen LogP contribution in [0.4, 0.5) is 0 Å². The molecular weight excluding hydrogens is 152 g/mol. The Bertz CT molecular complexity index is 128. The molecule has 4 N–H and O–H groups in total. The number of hydrogen-bond acceptors (Lipinski definition) is 5. The zero-order valence-corrected chi connectivity index (χ0v) is 5.92. The van der Waals surface area contributed by atoms with E-state index in [-0.39, 0.29) is 13.0 Å². The van der Waals surface area contributed by atoms with E-state index in [1.54, 1.807) is 0 Å². The molecule has 1 heterocycles. The molecule has 1 aliphatic rings. The van der Waals surface area contributed by atoms with Crippen molar-refractivity contribution in [2.24, 2.45) is 0 Å². The van der Waals surface area contributed by atoms with Crippen LogP contribution in [-0.4, -0.2) is 51.6 Å². The number of aliphatic hydroxyl groups excluding tert-OH is 4. The second-order valence-corrected chi connectivity index (χ2v) is 2.56. The van der Waals surface area contributed by atoms with E-state index >= 15 is 0 Å². The summed E-state index contributed by atoms with van der Waals surface area (Å²) in [5, 5.41) is 35.4. The van der Waals surface area contributed by atoms with Crippen LogP contribution in [0.15, 0.2) is 0 Å². The summed E-state index contributed by atoms with van der Waals surface area (Å²) in [6.07, 6.45) is -4.13. The summed E-state index contributed by atoms with van der Waals surface area (Å²) in [6.45, 7) is -0.138. The van der Waals surface area contributed by atoms with Crippen LogP contribution in [-0.2, 0) is 4.74 Å². The Hall–Kier alpha value is -0.200. The molecule has 0 aromatic rings. The van der Waals surface area contributed by atoms with Gasteiger partial charge in [0, 0.05) is 6.61 Å². The van der Waals surface area contributed by atoms with E-state index in [1.807, 2.05) is 0 Å². The second kappa shape index (κ2) is 3.46. The maximum Gasteiger partial charge on any atom is 0.183 e. The number of ether oxygens (including phenoxy) is 1. The Morgan fingerprint density at radius 1 is 1.09 bits per heavy atom. The largest absolute Gasteiger partial charge is 0.396 e. The second-order valence-electron chi connectivity index (χ2n) is 2.56. The van der Waals surface area contributed by atoms with E-state index in [0.717, 1.165) is 0 Å². The van der Waals surface area contributed by atoms with Crippen molar-refractivity contribution in [3.63, 3.8) is 0 Å². The minimum absolute atomic E-state index is 0.138. The lowest BCUT2D eigenvalue weighted by Gasteiger charge is -2.11. The molecule has 11 heavy (non-hydrogen) atoms. The van der Waals surface area contributed by atoms with Crippen LogP contribution in [0.5, 0.6) is 0 Å². The third-order valence-corrected chi connectivity index (χ3v) is 1.75. The standard InChI is InChI=1S/C6H12O5/c7-2-1-3-4(8)5(9)6(10)11-3/h3-10H,1-2H2/t3-,4+,5+,6?/m1/s1. The minimum atomic E-state index is -1.33. The molecule has 5 nitrogen and oxygen atoms in total. The summed E-state index contributed by atoms with van der Waals surface area (Å²) >= 11 is 0. The van der Waals surface area contributed by atoms with Gasteiger partial charge in [-0.1, -0.05) is 0 Å². The molecule has 0 saturated carbocycles. The van der Waals surface area contributed by atoms with Crippen molar-refractivity contribution in [1.82, 2.24) is 0 Å². The molecule has 4 atom stereocenters. The Labute approximate surface area is 63.8 Å². The van der Waals surface area contributed by atoms with Crippen molar-refractivity contribution in [1.29, 1.82) is 0 Å². The highest BCUT2D eigenvalue weighted by Gasteiger charge is 2.40. The highest BCUT2D eigenvalue weighted by molar-refractivity contribution is 4.85. The summed E-state index contributed by atoms with van der Waals surface area (Å²) in [7, 11) is 0. The molecule has 5 heteroatoms. The van der Waals surface area contributed by atoms with Crippen LogP contribution in [0.3, 0.4) is 0 Å². The maximum absolute atomic E-state index is 9.11. The van der Waals surface area contributed by atoms with E-state index in [4.69, 9.17) is 25.2 Å². The molecule has 1 saturated heterocycles. The van der Waals surface area contributed by atoms with Gasteiger partial charge in [-0.2, -0.15) is 0 Å². The highest BCUT2D eigenvalue weighted by atomic mass is 16.6. The monoisotopic (exact) mass is 164 g/mol. The van der Waals surface area contributed by atoms with E-state index in [9.17, 15) is 0 Å². The van der Waals surface area contributed by atoms with Crippen molar-refractivity contribution in [3.8, 4) is 0 Å². The van der Waals surface area contributed by atoms with Gasteiger partial charge in [0.15, 0.2) is 6.29 Å². The average Bonchev–Trinajstić information content (AvgIpc) is 2.19. The van der Waals surface area contributed by atoms with Crippen molar-refractivity contribution >= 4 is 0 Å². The molecule has 1 aliphatic heterocycles. The summed E-state index contributed by atoms with van der Waals surface area (Å²) in [5.74, 6) is 0. The molecule has 0 amide bonds. The summed E-state index contributed by atoms with van der Waals surface area (Å²) < 4.78 is 4.72. The molecule has 0 spiro atoms. The normalized spacial score (nSPS) is 44.7. The van der Waals surface area contributed by atoms with Crippen LogP contribution < -0.4 is 0 Å². The fraction of sp³-hybridized carbons (Fsp3) is 1.00. The Morgan fingerprint density at radius 3 is 2.09 bits per heavy atom. The first kappa shape index (κ1) is 8.89. The lowest BCUT2D eigenvalue weighted by Crippen LogP contribution is -2.32. The van der Waals surface area contributed by atoms with Gasteiger partial charge < -0.3 is 25.2 Å². The van der Waals surface area contributed by atoms with Crippen molar-refractivity contribution in [3.05, 3.63) is 0 Å². The molecule has 66 valence electrons. The average molecular weight is 164 g/mol. The van der Waals surface area contributed by atoms with Gasteiger partial charge in [0.2, 0.25) is 0 Å². The quantitative estimate of drug-likeness (QED) is 0.372. The fourth-order valence-corrected chi connectivity index (χ4v) is 1.09. The van der Waals surface area contributed by atoms with E-state index in [1.165, 1.54) is 0 Å². The molecule has 0 bridgehead atoms. The molecule has 0 aromatic carbocycles. The van der Waals surface area contributed by atoms with Crippen molar-refractivity contribution in [2.45, 2.75) is 31.0 Å². The summed E-state index contributed by atoms with van der Waals surface area (Å²) in [5.41, 5.74) is 0. The van der Waals surface area contributed by atoms with Gasteiger partial charge in [0.05, 0.1) is 6.10 Å². The van der Waals surface area contributed by atoms with Crippen LogP contribution in [0.1, 0.15) is 6.42 Å². The van der Waals surface area contributed by atoms with Gasteiger partial charge >= 0.3 is 0 Å². The third kappa shape index (κ3) is 1.69. The summed E-state index contributed by atoms with van der Waals surface area (Å²) in [6, 6.07) is 0. The van der Waals surface area contributed by atoms with Crippen molar-refractivity contribution in [2.75, 3.05) is 6.61 Å². The predicted octanol–water partition coefficient (Wildman–Crippen LogP) is -2.19. The Kier molecular flexibility index (Phi) is 2.80. The first-order chi connectivity index (χ1) is 5.16. The Morgan fingerprint density at radius 2 is 1.73 bits per heavy atom. The van der Waals surface area contributed by atoms with Gasteiger partial charge in [-0.05, 0) is 6.42 Å². The maximum atomic E-state index is 9.11. The molecule has 0 aromatic heterocycles. The van der Waals surface area contributed by atoms with Crippen LogP contribution in [0.25, 0.3) is 0 Å². The molecule has 1 rings (SSSR count). The fourth-order valence-electron chi connectivity index (χ4n) is 1.09. The van der Waals surface area contributed by atoms with E-state index < -0.39 is 24.6 Å². The molecule has 0 aliphatic carbocycles. The highest BCUT2D eigenvalue weighted by Crippen LogP contribution is 2.21. The molecule has 1 unspecified atom stereocenters. The number of hydrogen-bond donors (Lipinski definition) is 4. The topological polar surface area (TPSA) is 90.2 Å². The van der Waals surface area contributed by atoms with Gasteiger partial charge in [0.1, 0.15) is 12.2 Å². The van der Waals surface area contributed by atoms with Crippen LogP contribution in [0, 0.1) is 0 Å². The first-order valence-electron chi connectivity index (χ1n) is 3.47. The SMILES string of the molecule is OCC[C@H]1OC(O)[C@@H](O)[C@H]1O. The predicted molar refractivity (Wildman–Crippen MR) is 34.6 cm³/mol. The smallest absolute Gasteiger partial charge is 0.183 e. The zero-order valence-electron chi connectivity index (χ0n) is 5.92. The van der Waals surface area contributed by atoms with E-state index in [2.05, 4.69) is 0 Å². The van der Waals surface area contributed by atoms with Crippen molar-refractivity contribution < 1.29 is 25.2 Å². The third-order valence-electron chi connectivity index (χ3n) is 1.75. The van der Waals surface area contributed by atoms with Gasteiger partial charge in [-0.25, -0.2) is 0 Å². The molecular formula is C6H12O5. The van der Waals surface area contributed by atoms with Gasteiger partial charge in [-0.3, -0.25) is 0 Å². The van der Waals surface area contributed by atoms with Crippen LogP contribution >= 0.6 is 0 Å². The lowest BCUT2D eigenvalue weighted by molar-refractivity contribution is -0.129. The summed E-state index contributed by atoms with van der Waals surface area (Å²) in [4.78, 5) is 0. The minimum Gasteiger partial charge on any atom is -0.396 e. The lowest BCUT2D eigenvalue weighted by atomic mass is 10.1. The first-order valence-corrected chi connectivity index (χ1v) is 3.47. The van der Waals surface area contributed by atoms with Gasteiger partial charge in [0.25, 0.3) is 0 Å². The number of rotatable bonds is 2. The zero-order chi connectivity index (χ0) is 8.43. The number of aliphatic hydroxyl groups is 4. The van der Waals surface area contributed by atoms with Gasteiger partial charge in [-0.15, -0.1) is 0 Å². The van der Waals surface area contributed by atoms with E-state index in [0.29, 0.717) is 0 Å². The molecule has 1 fully saturated rings. The Balaban J connectivity index is 2.45.